The maximum atomic E-state index is 9.53. The Bertz CT molecular complexity index is 194. The van der Waals surface area contributed by atoms with E-state index >= 15 is 0 Å². The summed E-state index contributed by atoms with van der Waals surface area (Å²) in [7, 11) is -1.75. The molecule has 0 radical (unpaired) electrons. The Morgan fingerprint density at radius 1 is 1.36 bits per heavy atom. The summed E-state index contributed by atoms with van der Waals surface area (Å²) in [5, 5.41) is 9.72. The molecule has 0 heterocycles. The van der Waals surface area contributed by atoms with Crippen LogP contribution in [0.15, 0.2) is 12.7 Å². The first kappa shape index (κ1) is 13.9. The fourth-order valence-electron chi connectivity index (χ4n) is 0.903. The molecule has 2 atom stereocenters. The molecule has 0 bridgehead atoms. The van der Waals surface area contributed by atoms with Crippen molar-refractivity contribution in [3.05, 3.63) is 12.7 Å². The molecular weight excluding hydrogens is 192 g/mol. The lowest BCUT2D eigenvalue weighted by Crippen LogP contribution is -2.45. The fourth-order valence-corrected chi connectivity index (χ4v) is 2.33. The van der Waals surface area contributed by atoms with Gasteiger partial charge in [0.25, 0.3) is 0 Å². The predicted octanol–water partition coefficient (Wildman–Crippen LogP) is 2.94. The van der Waals surface area contributed by atoms with Gasteiger partial charge in [0.2, 0.25) is 0 Å². The van der Waals surface area contributed by atoms with Crippen molar-refractivity contribution in [3.8, 4) is 0 Å². The minimum Gasteiger partial charge on any atom is -0.411 e. The summed E-state index contributed by atoms with van der Waals surface area (Å²) in [4.78, 5) is 0. The van der Waals surface area contributed by atoms with Gasteiger partial charge in [0, 0.05) is 0 Å². The molecular formula is C11H24O2Si. The van der Waals surface area contributed by atoms with Crippen LogP contribution in [0.2, 0.25) is 18.1 Å². The monoisotopic (exact) mass is 216 g/mol. The maximum Gasteiger partial charge on any atom is 0.192 e. The highest BCUT2D eigenvalue weighted by Crippen LogP contribution is 2.37. The van der Waals surface area contributed by atoms with Crippen LogP contribution >= 0.6 is 0 Å². The molecule has 1 N–H and O–H groups in total. The summed E-state index contributed by atoms with van der Waals surface area (Å²) in [5.74, 6) is 0. The average molecular weight is 216 g/mol. The number of aliphatic hydroxyl groups excluding tert-OH is 1. The molecule has 84 valence electrons. The van der Waals surface area contributed by atoms with Gasteiger partial charge in [-0.05, 0) is 25.1 Å². The van der Waals surface area contributed by atoms with E-state index in [-0.39, 0.29) is 11.1 Å². The van der Waals surface area contributed by atoms with E-state index in [0.29, 0.717) is 0 Å². The Morgan fingerprint density at radius 3 is 2.07 bits per heavy atom. The summed E-state index contributed by atoms with van der Waals surface area (Å²) in [5.41, 5.74) is 0. The first-order chi connectivity index (χ1) is 6.12. The lowest BCUT2D eigenvalue weighted by atomic mass is 10.2. The molecule has 0 saturated carbocycles. The minimum atomic E-state index is -1.75. The molecule has 0 unspecified atom stereocenters. The molecule has 0 amide bonds. The molecule has 0 spiro atoms. The molecule has 3 heteroatoms. The average Bonchev–Trinajstić information content (AvgIpc) is 2.00. The van der Waals surface area contributed by atoms with Crippen LogP contribution in [0.5, 0.6) is 0 Å². The summed E-state index contributed by atoms with van der Waals surface area (Å²) >= 11 is 0. The maximum absolute atomic E-state index is 9.53. The van der Waals surface area contributed by atoms with Gasteiger partial charge in [-0.1, -0.05) is 26.8 Å². The Balaban J connectivity index is 4.44. The van der Waals surface area contributed by atoms with E-state index in [2.05, 4.69) is 40.4 Å². The van der Waals surface area contributed by atoms with Crippen LogP contribution in [0.1, 0.15) is 27.7 Å². The number of hydrogen-bond donors (Lipinski definition) is 1. The molecule has 0 aliphatic rings. The third-order valence-corrected chi connectivity index (χ3v) is 7.58. The highest BCUT2D eigenvalue weighted by Gasteiger charge is 2.39. The zero-order chi connectivity index (χ0) is 11.6. The first-order valence-electron chi connectivity index (χ1n) is 5.10. The molecule has 0 rings (SSSR count). The Hall–Kier alpha value is -0.123. The third kappa shape index (κ3) is 3.56. The minimum absolute atomic E-state index is 0.159. The van der Waals surface area contributed by atoms with E-state index in [1.54, 1.807) is 0 Å². The largest absolute Gasteiger partial charge is 0.411 e. The quantitative estimate of drug-likeness (QED) is 0.578. The van der Waals surface area contributed by atoms with Crippen molar-refractivity contribution in [2.24, 2.45) is 0 Å². The first-order valence-corrected chi connectivity index (χ1v) is 8.01. The zero-order valence-corrected chi connectivity index (χ0v) is 11.3. The lowest BCUT2D eigenvalue weighted by Gasteiger charge is -2.39. The van der Waals surface area contributed by atoms with Crippen molar-refractivity contribution in [1.29, 1.82) is 0 Å². The van der Waals surface area contributed by atoms with Gasteiger partial charge in [0.1, 0.15) is 0 Å². The second kappa shape index (κ2) is 4.60. The summed E-state index contributed by atoms with van der Waals surface area (Å²) in [6.45, 7) is 16.4. The van der Waals surface area contributed by atoms with Crippen LogP contribution in [0.4, 0.5) is 0 Å². The topological polar surface area (TPSA) is 29.5 Å². The Kier molecular flexibility index (Phi) is 4.56. The van der Waals surface area contributed by atoms with Gasteiger partial charge < -0.3 is 9.53 Å². The molecule has 2 nitrogen and oxygen atoms in total. The molecule has 0 fully saturated rings. The van der Waals surface area contributed by atoms with E-state index in [9.17, 15) is 5.11 Å². The summed E-state index contributed by atoms with van der Waals surface area (Å²) in [6, 6.07) is 0. The normalized spacial score (nSPS) is 17.6. The molecule has 0 aliphatic carbocycles. The van der Waals surface area contributed by atoms with Gasteiger partial charge in [0.05, 0.1) is 12.2 Å². The highest BCUT2D eigenvalue weighted by atomic mass is 28.4. The van der Waals surface area contributed by atoms with E-state index in [1.165, 1.54) is 6.08 Å². The Labute approximate surface area is 89.1 Å². The SMILES string of the molecule is C=C[C@H](O)[C@H](C)O[Si](C)(C)C(C)(C)C. The molecule has 0 aliphatic heterocycles. The molecule has 0 aromatic carbocycles. The van der Waals surface area contributed by atoms with Gasteiger partial charge in [-0.2, -0.15) is 0 Å². The number of hydrogen-bond acceptors (Lipinski definition) is 2. The van der Waals surface area contributed by atoms with Crippen LogP contribution in [-0.4, -0.2) is 25.6 Å². The third-order valence-electron chi connectivity index (χ3n) is 3.01. The fraction of sp³-hybridized carbons (Fsp3) is 0.818. The second-order valence-corrected chi connectivity index (χ2v) is 10.1. The Morgan fingerprint density at radius 2 is 1.79 bits per heavy atom. The van der Waals surface area contributed by atoms with Crippen molar-refractivity contribution < 1.29 is 9.53 Å². The van der Waals surface area contributed by atoms with Crippen LogP contribution in [0.25, 0.3) is 0 Å². The van der Waals surface area contributed by atoms with Crippen LogP contribution in [0.3, 0.4) is 0 Å². The standard InChI is InChI=1S/C11H24O2Si/c1-8-10(12)9(2)13-14(6,7)11(3,4)5/h8-10,12H,1H2,2-7H3/t9-,10-/m0/s1. The van der Waals surface area contributed by atoms with Gasteiger partial charge in [0.15, 0.2) is 8.32 Å². The lowest BCUT2D eigenvalue weighted by molar-refractivity contribution is 0.0695. The molecule has 0 aromatic rings. The smallest absolute Gasteiger partial charge is 0.192 e. The van der Waals surface area contributed by atoms with Gasteiger partial charge in [-0.3, -0.25) is 0 Å². The van der Waals surface area contributed by atoms with Gasteiger partial charge in [-0.15, -0.1) is 6.58 Å². The predicted molar refractivity (Wildman–Crippen MR) is 63.9 cm³/mol. The van der Waals surface area contributed by atoms with E-state index in [4.69, 9.17) is 4.43 Å². The van der Waals surface area contributed by atoms with E-state index in [1.807, 2.05) is 6.92 Å². The second-order valence-electron chi connectivity index (χ2n) is 5.31. The summed E-state index contributed by atoms with van der Waals surface area (Å²) < 4.78 is 5.97. The van der Waals surface area contributed by atoms with Gasteiger partial charge in [-0.25, -0.2) is 0 Å². The highest BCUT2D eigenvalue weighted by molar-refractivity contribution is 6.74. The molecule has 0 saturated heterocycles. The van der Waals surface area contributed by atoms with Crippen LogP contribution in [0, 0.1) is 0 Å². The van der Waals surface area contributed by atoms with E-state index < -0.39 is 14.4 Å². The number of rotatable bonds is 4. The van der Waals surface area contributed by atoms with Crippen molar-refractivity contribution in [2.45, 2.75) is 58.0 Å². The van der Waals surface area contributed by atoms with Crippen molar-refractivity contribution in [3.63, 3.8) is 0 Å². The number of aliphatic hydroxyl groups is 1. The van der Waals surface area contributed by atoms with Crippen LogP contribution in [-0.2, 0) is 4.43 Å². The summed E-state index contributed by atoms with van der Waals surface area (Å²) in [6.07, 6.45) is 0.801. The van der Waals surface area contributed by atoms with Crippen molar-refractivity contribution in [2.75, 3.05) is 0 Å². The van der Waals surface area contributed by atoms with E-state index in [0.717, 1.165) is 0 Å². The molecule has 0 aromatic heterocycles. The van der Waals surface area contributed by atoms with Crippen LogP contribution < -0.4 is 0 Å². The molecule has 14 heavy (non-hydrogen) atoms. The van der Waals surface area contributed by atoms with Gasteiger partial charge >= 0.3 is 0 Å². The van der Waals surface area contributed by atoms with Crippen molar-refractivity contribution in [1.82, 2.24) is 0 Å². The van der Waals surface area contributed by atoms with Crippen molar-refractivity contribution >= 4 is 8.32 Å². The zero-order valence-electron chi connectivity index (χ0n) is 10.3.